The van der Waals surface area contributed by atoms with Crippen LogP contribution in [-0.4, -0.2) is 28.3 Å². The third-order valence-corrected chi connectivity index (χ3v) is 3.18. The molecule has 0 radical (unpaired) electrons. The molecule has 2 aromatic rings. The Bertz CT molecular complexity index is 580. The SMILES string of the molecule is CN(CCc1ccnn1C)Cc1cccc(C#N)c1. The summed E-state index contributed by atoms with van der Waals surface area (Å²) < 4.78 is 1.91. The fourth-order valence-electron chi connectivity index (χ4n) is 2.08. The van der Waals surface area contributed by atoms with Crippen LogP contribution in [-0.2, 0) is 20.0 Å². The van der Waals surface area contributed by atoms with E-state index in [1.165, 1.54) is 11.3 Å². The second kappa shape index (κ2) is 6.17. The predicted molar refractivity (Wildman–Crippen MR) is 74.4 cm³/mol. The zero-order valence-electron chi connectivity index (χ0n) is 11.4. The summed E-state index contributed by atoms with van der Waals surface area (Å²) in [7, 11) is 4.06. The molecule has 1 heterocycles. The smallest absolute Gasteiger partial charge is 0.0991 e. The molecule has 0 aliphatic heterocycles. The Morgan fingerprint density at radius 3 is 2.89 bits per heavy atom. The van der Waals surface area contributed by atoms with E-state index in [4.69, 9.17) is 5.26 Å². The van der Waals surface area contributed by atoms with E-state index in [0.717, 1.165) is 25.1 Å². The molecule has 0 bridgehead atoms. The van der Waals surface area contributed by atoms with Crippen LogP contribution in [0.5, 0.6) is 0 Å². The van der Waals surface area contributed by atoms with E-state index in [0.29, 0.717) is 0 Å². The summed E-state index contributed by atoms with van der Waals surface area (Å²) in [5, 5.41) is 13.0. The number of hydrogen-bond acceptors (Lipinski definition) is 3. The summed E-state index contributed by atoms with van der Waals surface area (Å²) in [6, 6.07) is 12.0. The molecule has 0 aliphatic carbocycles. The van der Waals surface area contributed by atoms with Crippen molar-refractivity contribution in [3.8, 4) is 6.07 Å². The molecule has 4 nitrogen and oxygen atoms in total. The molecule has 1 aromatic heterocycles. The maximum absolute atomic E-state index is 8.88. The van der Waals surface area contributed by atoms with Crippen molar-refractivity contribution < 1.29 is 0 Å². The Morgan fingerprint density at radius 1 is 1.37 bits per heavy atom. The number of nitrogens with zero attached hydrogens (tertiary/aromatic N) is 4. The highest BCUT2D eigenvalue weighted by Gasteiger charge is 2.04. The number of rotatable bonds is 5. The maximum Gasteiger partial charge on any atom is 0.0991 e. The van der Waals surface area contributed by atoms with Gasteiger partial charge in [0.1, 0.15) is 0 Å². The molecule has 0 spiro atoms. The summed E-state index contributed by atoms with van der Waals surface area (Å²) in [5.74, 6) is 0. The average molecular weight is 254 g/mol. The molecule has 1 aromatic carbocycles. The minimum Gasteiger partial charge on any atom is -0.302 e. The van der Waals surface area contributed by atoms with Crippen LogP contribution in [0.4, 0.5) is 0 Å². The van der Waals surface area contributed by atoms with E-state index in [9.17, 15) is 0 Å². The molecular formula is C15H18N4. The number of nitriles is 1. The van der Waals surface area contributed by atoms with Crippen molar-refractivity contribution in [1.82, 2.24) is 14.7 Å². The number of benzene rings is 1. The fraction of sp³-hybridized carbons (Fsp3) is 0.333. The summed E-state index contributed by atoms with van der Waals surface area (Å²) >= 11 is 0. The molecule has 0 saturated carbocycles. The monoisotopic (exact) mass is 254 g/mol. The summed E-state index contributed by atoms with van der Waals surface area (Å²) in [6.45, 7) is 1.82. The van der Waals surface area contributed by atoms with Crippen LogP contribution in [0.3, 0.4) is 0 Å². The van der Waals surface area contributed by atoms with Crippen molar-refractivity contribution in [3.63, 3.8) is 0 Å². The third kappa shape index (κ3) is 3.67. The predicted octanol–water partition coefficient (Wildman–Crippen LogP) is 1.97. The van der Waals surface area contributed by atoms with Crippen molar-refractivity contribution in [2.24, 2.45) is 7.05 Å². The van der Waals surface area contributed by atoms with Gasteiger partial charge in [-0.3, -0.25) is 4.68 Å². The van der Waals surface area contributed by atoms with Crippen molar-refractivity contribution in [3.05, 3.63) is 53.3 Å². The minimum absolute atomic E-state index is 0.720. The summed E-state index contributed by atoms with van der Waals surface area (Å²) in [6.07, 6.45) is 2.80. The third-order valence-electron chi connectivity index (χ3n) is 3.18. The van der Waals surface area contributed by atoms with Gasteiger partial charge < -0.3 is 4.90 Å². The van der Waals surface area contributed by atoms with Gasteiger partial charge in [-0.2, -0.15) is 10.4 Å². The number of likely N-dealkylation sites (N-methyl/N-ethyl adjacent to an activating group) is 1. The van der Waals surface area contributed by atoms with E-state index >= 15 is 0 Å². The number of aromatic nitrogens is 2. The van der Waals surface area contributed by atoms with Gasteiger partial charge >= 0.3 is 0 Å². The molecule has 0 fully saturated rings. The lowest BCUT2D eigenvalue weighted by atomic mass is 10.1. The molecule has 4 heteroatoms. The lowest BCUT2D eigenvalue weighted by molar-refractivity contribution is 0.328. The van der Waals surface area contributed by atoms with Crippen LogP contribution in [0.15, 0.2) is 36.5 Å². The highest BCUT2D eigenvalue weighted by Crippen LogP contribution is 2.07. The van der Waals surface area contributed by atoms with Crippen molar-refractivity contribution in [2.45, 2.75) is 13.0 Å². The van der Waals surface area contributed by atoms with Crippen LogP contribution >= 0.6 is 0 Å². The zero-order chi connectivity index (χ0) is 13.7. The first-order chi connectivity index (χ1) is 9.19. The largest absolute Gasteiger partial charge is 0.302 e. The molecule has 0 amide bonds. The van der Waals surface area contributed by atoms with Crippen LogP contribution in [0, 0.1) is 11.3 Å². The second-order valence-corrected chi connectivity index (χ2v) is 4.75. The molecule has 2 rings (SSSR count). The van der Waals surface area contributed by atoms with E-state index < -0.39 is 0 Å². The molecule has 98 valence electrons. The first-order valence-electron chi connectivity index (χ1n) is 6.33. The summed E-state index contributed by atoms with van der Waals surface area (Å²) in [5.41, 5.74) is 3.13. The highest BCUT2D eigenvalue weighted by atomic mass is 15.3. The zero-order valence-corrected chi connectivity index (χ0v) is 11.4. The first kappa shape index (κ1) is 13.3. The molecule has 0 unspecified atom stereocenters. The Kier molecular flexibility index (Phi) is 4.32. The van der Waals surface area contributed by atoms with Crippen molar-refractivity contribution >= 4 is 0 Å². The molecule has 0 saturated heterocycles. The molecule has 0 atom stereocenters. The van der Waals surface area contributed by atoms with E-state index in [2.05, 4.69) is 29.2 Å². The Labute approximate surface area is 113 Å². The van der Waals surface area contributed by atoms with Crippen molar-refractivity contribution in [1.29, 1.82) is 5.26 Å². The van der Waals surface area contributed by atoms with Gasteiger partial charge in [-0.25, -0.2) is 0 Å². The standard InChI is InChI=1S/C15H18N4/c1-18(9-7-15-6-8-17-19(15)2)12-14-5-3-4-13(10-14)11-16/h3-6,8,10H,7,9,12H2,1-2H3. The van der Waals surface area contributed by atoms with E-state index in [1.54, 1.807) is 0 Å². The average Bonchev–Trinajstić information content (AvgIpc) is 2.82. The highest BCUT2D eigenvalue weighted by molar-refractivity contribution is 5.32. The van der Waals surface area contributed by atoms with Gasteiger partial charge in [0.05, 0.1) is 11.6 Å². The topological polar surface area (TPSA) is 44.9 Å². The van der Waals surface area contributed by atoms with Gasteiger partial charge in [-0.1, -0.05) is 12.1 Å². The van der Waals surface area contributed by atoms with Crippen molar-refractivity contribution in [2.75, 3.05) is 13.6 Å². The fourth-order valence-corrected chi connectivity index (χ4v) is 2.08. The molecule has 19 heavy (non-hydrogen) atoms. The Morgan fingerprint density at radius 2 is 2.21 bits per heavy atom. The number of aryl methyl sites for hydroxylation is 1. The van der Waals surface area contributed by atoms with Crippen LogP contribution in [0.1, 0.15) is 16.8 Å². The lowest BCUT2D eigenvalue weighted by Gasteiger charge is -2.16. The molecule has 0 aliphatic rings. The molecule has 0 N–H and O–H groups in total. The van der Waals surface area contributed by atoms with Gasteiger partial charge in [0, 0.05) is 38.4 Å². The van der Waals surface area contributed by atoms with Crippen LogP contribution in [0.2, 0.25) is 0 Å². The summed E-state index contributed by atoms with van der Waals surface area (Å²) in [4.78, 5) is 2.25. The quantitative estimate of drug-likeness (QED) is 0.819. The van der Waals surface area contributed by atoms with Gasteiger partial charge in [0.2, 0.25) is 0 Å². The van der Waals surface area contributed by atoms with E-state index in [1.807, 2.05) is 42.2 Å². The first-order valence-corrected chi connectivity index (χ1v) is 6.33. The lowest BCUT2D eigenvalue weighted by Crippen LogP contribution is -2.21. The minimum atomic E-state index is 0.720. The van der Waals surface area contributed by atoms with Gasteiger partial charge in [0.15, 0.2) is 0 Å². The van der Waals surface area contributed by atoms with Gasteiger partial charge in [-0.05, 0) is 30.8 Å². The second-order valence-electron chi connectivity index (χ2n) is 4.75. The number of hydrogen-bond donors (Lipinski definition) is 0. The Balaban J connectivity index is 1.89. The van der Waals surface area contributed by atoms with Crippen LogP contribution < -0.4 is 0 Å². The normalized spacial score (nSPS) is 10.6. The Hall–Kier alpha value is -2.12. The van der Waals surface area contributed by atoms with Gasteiger partial charge in [0.25, 0.3) is 0 Å². The maximum atomic E-state index is 8.88. The van der Waals surface area contributed by atoms with Crippen LogP contribution in [0.25, 0.3) is 0 Å². The molecular weight excluding hydrogens is 236 g/mol. The van der Waals surface area contributed by atoms with Gasteiger partial charge in [-0.15, -0.1) is 0 Å². The van der Waals surface area contributed by atoms with E-state index in [-0.39, 0.29) is 0 Å².